The molecule has 1 aromatic heterocycles. The molecule has 116 valence electrons. The molecule has 0 bridgehead atoms. The molecular formula is C18H28N2S. The first-order valence-corrected chi connectivity index (χ1v) is 9.17. The third kappa shape index (κ3) is 3.97. The molecule has 3 rings (SSSR count). The third-order valence-corrected chi connectivity index (χ3v) is 5.97. The number of nitrogens with zero attached hydrogens (tertiary/aromatic N) is 1. The molecule has 21 heavy (non-hydrogen) atoms. The van der Waals surface area contributed by atoms with Gasteiger partial charge in [0.25, 0.3) is 0 Å². The summed E-state index contributed by atoms with van der Waals surface area (Å²) in [5.74, 6) is 1.69. The standard InChI is InChI=1S/C18H28N2S/c1-13(2)12-20-8-6-15(7-9-20)19-14(3)16-11-17(16)18-5-4-10-21-18/h4-5,10,14-17,19H,1,6-9,11-12H2,2-3H3/t14?,16-,17+/m0/s1. The average Bonchev–Trinajstić information content (AvgIpc) is 3.07. The molecule has 0 spiro atoms. The van der Waals surface area contributed by atoms with Gasteiger partial charge in [-0.15, -0.1) is 11.3 Å². The summed E-state index contributed by atoms with van der Waals surface area (Å²) in [6.07, 6.45) is 3.95. The van der Waals surface area contributed by atoms with Crippen LogP contribution in [0.4, 0.5) is 0 Å². The topological polar surface area (TPSA) is 15.3 Å². The van der Waals surface area contributed by atoms with Gasteiger partial charge in [0.05, 0.1) is 0 Å². The summed E-state index contributed by atoms with van der Waals surface area (Å²) in [6.45, 7) is 12.1. The normalized spacial score (nSPS) is 28.5. The Hall–Kier alpha value is -0.640. The van der Waals surface area contributed by atoms with Crippen LogP contribution in [-0.4, -0.2) is 36.6 Å². The van der Waals surface area contributed by atoms with E-state index in [2.05, 4.69) is 48.2 Å². The summed E-state index contributed by atoms with van der Waals surface area (Å²) in [4.78, 5) is 4.13. The predicted molar refractivity (Wildman–Crippen MR) is 92.0 cm³/mol. The van der Waals surface area contributed by atoms with Crippen molar-refractivity contribution in [3.63, 3.8) is 0 Å². The van der Waals surface area contributed by atoms with Crippen molar-refractivity contribution in [3.05, 3.63) is 34.5 Å². The van der Waals surface area contributed by atoms with E-state index in [4.69, 9.17) is 0 Å². The fourth-order valence-corrected chi connectivity index (χ4v) is 4.65. The van der Waals surface area contributed by atoms with Crippen LogP contribution in [0.3, 0.4) is 0 Å². The fourth-order valence-electron chi connectivity index (χ4n) is 3.73. The zero-order valence-electron chi connectivity index (χ0n) is 13.3. The first-order valence-electron chi connectivity index (χ1n) is 8.29. The van der Waals surface area contributed by atoms with E-state index in [1.54, 1.807) is 4.88 Å². The van der Waals surface area contributed by atoms with Crippen molar-refractivity contribution in [2.75, 3.05) is 19.6 Å². The van der Waals surface area contributed by atoms with Crippen molar-refractivity contribution in [2.45, 2.75) is 51.1 Å². The van der Waals surface area contributed by atoms with E-state index < -0.39 is 0 Å². The maximum Gasteiger partial charge on any atom is 0.0187 e. The number of thiophene rings is 1. The van der Waals surface area contributed by atoms with Gasteiger partial charge in [-0.25, -0.2) is 0 Å². The Balaban J connectivity index is 1.41. The Morgan fingerprint density at radius 3 is 2.86 bits per heavy atom. The van der Waals surface area contributed by atoms with E-state index in [0.29, 0.717) is 12.1 Å². The minimum atomic E-state index is 0.662. The molecule has 2 heterocycles. The first kappa shape index (κ1) is 15.3. The molecule has 3 atom stereocenters. The van der Waals surface area contributed by atoms with Gasteiger partial charge in [-0.05, 0) is 69.5 Å². The molecule has 2 fully saturated rings. The second-order valence-electron chi connectivity index (χ2n) is 6.98. The minimum Gasteiger partial charge on any atom is -0.311 e. The van der Waals surface area contributed by atoms with Gasteiger partial charge in [0, 0.05) is 23.5 Å². The molecule has 2 nitrogen and oxygen atoms in total. The van der Waals surface area contributed by atoms with E-state index in [-0.39, 0.29) is 0 Å². The lowest BCUT2D eigenvalue weighted by Gasteiger charge is -2.34. The van der Waals surface area contributed by atoms with Crippen molar-refractivity contribution >= 4 is 11.3 Å². The van der Waals surface area contributed by atoms with Crippen LogP contribution < -0.4 is 5.32 Å². The van der Waals surface area contributed by atoms with E-state index in [0.717, 1.165) is 18.4 Å². The van der Waals surface area contributed by atoms with E-state index >= 15 is 0 Å². The lowest BCUT2D eigenvalue weighted by molar-refractivity contribution is 0.202. The molecule has 2 aliphatic rings. The Labute approximate surface area is 133 Å². The maximum absolute atomic E-state index is 4.02. The summed E-state index contributed by atoms with van der Waals surface area (Å²) in [7, 11) is 0. The van der Waals surface area contributed by atoms with Crippen LogP contribution in [0.15, 0.2) is 29.7 Å². The van der Waals surface area contributed by atoms with E-state index in [9.17, 15) is 0 Å². The highest BCUT2D eigenvalue weighted by molar-refractivity contribution is 7.10. The third-order valence-electron chi connectivity index (χ3n) is 4.97. The highest BCUT2D eigenvalue weighted by atomic mass is 32.1. The number of likely N-dealkylation sites (tertiary alicyclic amines) is 1. The zero-order valence-corrected chi connectivity index (χ0v) is 14.2. The number of rotatable bonds is 6. The lowest BCUT2D eigenvalue weighted by Crippen LogP contribution is -2.46. The Morgan fingerprint density at radius 1 is 1.48 bits per heavy atom. The highest BCUT2D eigenvalue weighted by Crippen LogP contribution is 2.51. The Bertz CT molecular complexity index is 460. The number of piperidine rings is 1. The quantitative estimate of drug-likeness (QED) is 0.803. The van der Waals surface area contributed by atoms with E-state index in [1.165, 1.54) is 37.9 Å². The smallest absolute Gasteiger partial charge is 0.0187 e. The van der Waals surface area contributed by atoms with Gasteiger partial charge >= 0.3 is 0 Å². The van der Waals surface area contributed by atoms with Gasteiger partial charge < -0.3 is 5.32 Å². The molecule has 1 unspecified atom stereocenters. The van der Waals surface area contributed by atoms with Crippen LogP contribution in [0, 0.1) is 5.92 Å². The molecule has 1 aliphatic heterocycles. The molecule has 0 radical (unpaired) electrons. The minimum absolute atomic E-state index is 0.662. The SMILES string of the molecule is C=C(C)CN1CCC(NC(C)[C@@H]2C[C@H]2c2cccs2)CC1. The van der Waals surface area contributed by atoms with Gasteiger partial charge in [-0.3, -0.25) is 4.90 Å². The van der Waals surface area contributed by atoms with Gasteiger partial charge in [-0.2, -0.15) is 0 Å². The number of hydrogen-bond acceptors (Lipinski definition) is 3. The lowest BCUT2D eigenvalue weighted by atomic mass is 10.0. The molecule has 0 aromatic carbocycles. The number of hydrogen-bond donors (Lipinski definition) is 1. The first-order chi connectivity index (χ1) is 10.1. The second kappa shape index (κ2) is 6.64. The van der Waals surface area contributed by atoms with Crippen LogP contribution in [0.2, 0.25) is 0 Å². The Morgan fingerprint density at radius 2 is 2.24 bits per heavy atom. The second-order valence-corrected chi connectivity index (χ2v) is 7.96. The maximum atomic E-state index is 4.02. The molecule has 0 amide bonds. The molecule has 1 aromatic rings. The van der Waals surface area contributed by atoms with Gasteiger partial charge in [-0.1, -0.05) is 18.2 Å². The average molecular weight is 305 g/mol. The fraction of sp³-hybridized carbons (Fsp3) is 0.667. The van der Waals surface area contributed by atoms with Crippen molar-refractivity contribution in [3.8, 4) is 0 Å². The van der Waals surface area contributed by atoms with Crippen molar-refractivity contribution in [1.29, 1.82) is 0 Å². The molecule has 3 heteroatoms. The van der Waals surface area contributed by atoms with Gasteiger partial charge in [0.2, 0.25) is 0 Å². The molecule has 1 N–H and O–H groups in total. The summed E-state index contributed by atoms with van der Waals surface area (Å²) >= 11 is 1.92. The largest absolute Gasteiger partial charge is 0.311 e. The zero-order chi connectivity index (χ0) is 14.8. The number of nitrogens with one attached hydrogen (secondary N) is 1. The molecule has 1 saturated carbocycles. The summed E-state index contributed by atoms with van der Waals surface area (Å²) in [5.41, 5.74) is 1.28. The monoisotopic (exact) mass is 304 g/mol. The molecular weight excluding hydrogens is 276 g/mol. The summed E-state index contributed by atoms with van der Waals surface area (Å²) < 4.78 is 0. The molecule has 1 aliphatic carbocycles. The van der Waals surface area contributed by atoms with Crippen LogP contribution >= 0.6 is 11.3 Å². The van der Waals surface area contributed by atoms with E-state index in [1.807, 2.05) is 11.3 Å². The predicted octanol–water partition coefficient (Wildman–Crippen LogP) is 3.87. The van der Waals surface area contributed by atoms with Crippen molar-refractivity contribution < 1.29 is 0 Å². The highest BCUT2D eigenvalue weighted by Gasteiger charge is 2.43. The van der Waals surface area contributed by atoms with Crippen LogP contribution in [0.5, 0.6) is 0 Å². The van der Waals surface area contributed by atoms with Crippen LogP contribution in [0.25, 0.3) is 0 Å². The summed E-state index contributed by atoms with van der Waals surface area (Å²) in [5, 5.41) is 6.11. The van der Waals surface area contributed by atoms with Crippen molar-refractivity contribution in [2.24, 2.45) is 5.92 Å². The van der Waals surface area contributed by atoms with Gasteiger partial charge in [0.15, 0.2) is 0 Å². The molecule has 1 saturated heterocycles. The van der Waals surface area contributed by atoms with Crippen molar-refractivity contribution in [1.82, 2.24) is 10.2 Å². The Kier molecular flexibility index (Phi) is 4.82. The van der Waals surface area contributed by atoms with Crippen LogP contribution in [-0.2, 0) is 0 Å². The summed E-state index contributed by atoms with van der Waals surface area (Å²) in [6, 6.07) is 5.86. The van der Waals surface area contributed by atoms with Crippen LogP contribution in [0.1, 0.15) is 43.9 Å². The van der Waals surface area contributed by atoms with Gasteiger partial charge in [0.1, 0.15) is 0 Å².